The first-order valence-corrected chi connectivity index (χ1v) is 9.08. The lowest BCUT2D eigenvalue weighted by Gasteiger charge is -2.15. The Morgan fingerprint density at radius 2 is 1.69 bits per heavy atom. The first-order valence-electron chi connectivity index (χ1n) is 8.32. The van der Waals surface area contributed by atoms with Gasteiger partial charge in [0.2, 0.25) is 5.95 Å². The van der Waals surface area contributed by atoms with Gasteiger partial charge in [-0.1, -0.05) is 30.1 Å². The molecule has 2 aromatic heterocycles. The van der Waals surface area contributed by atoms with E-state index in [4.69, 9.17) is 23.2 Å². The monoisotopic (exact) mass is 387 g/mol. The maximum atomic E-state index is 6.09. The van der Waals surface area contributed by atoms with Crippen LogP contribution in [0, 0.1) is 0 Å². The van der Waals surface area contributed by atoms with Gasteiger partial charge in [0.1, 0.15) is 5.82 Å². The smallest absolute Gasteiger partial charge is 0.225 e. The summed E-state index contributed by atoms with van der Waals surface area (Å²) in [4.78, 5) is 13.3. The summed E-state index contributed by atoms with van der Waals surface area (Å²) in [6.45, 7) is 4.20. The number of benzene rings is 1. The molecule has 0 aliphatic carbocycles. The number of hydrogen-bond acceptors (Lipinski definition) is 5. The highest BCUT2D eigenvalue weighted by Crippen LogP contribution is 2.27. The van der Waals surface area contributed by atoms with E-state index in [0.29, 0.717) is 21.8 Å². The van der Waals surface area contributed by atoms with Crippen molar-refractivity contribution in [1.82, 2.24) is 15.0 Å². The van der Waals surface area contributed by atoms with Gasteiger partial charge < -0.3 is 10.6 Å². The minimum Gasteiger partial charge on any atom is -0.352 e. The van der Waals surface area contributed by atoms with E-state index in [1.54, 1.807) is 30.6 Å². The van der Waals surface area contributed by atoms with Crippen LogP contribution in [0.15, 0.2) is 48.8 Å². The van der Waals surface area contributed by atoms with Crippen LogP contribution in [-0.4, -0.2) is 21.0 Å². The lowest BCUT2D eigenvalue weighted by atomic mass is 10.2. The fraction of sp³-hybridized carbons (Fsp3) is 0.211. The fourth-order valence-electron chi connectivity index (χ4n) is 2.34. The summed E-state index contributed by atoms with van der Waals surface area (Å²) < 4.78 is 0. The van der Waals surface area contributed by atoms with E-state index in [1.807, 2.05) is 18.2 Å². The highest BCUT2D eigenvalue weighted by molar-refractivity contribution is 6.35. The van der Waals surface area contributed by atoms with E-state index >= 15 is 0 Å². The SMILES string of the molecule is CC[C@H](C)Nc1nc(Nc2cc(Cl)cc(Cl)c2)cc(-c2ccncc2)n1. The molecule has 0 unspecified atom stereocenters. The quantitative estimate of drug-likeness (QED) is 0.559. The zero-order valence-corrected chi connectivity index (χ0v) is 16.0. The van der Waals surface area contributed by atoms with Gasteiger partial charge in [-0.05, 0) is 43.7 Å². The van der Waals surface area contributed by atoms with Crippen molar-refractivity contribution in [2.45, 2.75) is 26.3 Å². The first kappa shape index (κ1) is 18.4. The molecule has 2 N–H and O–H groups in total. The van der Waals surface area contributed by atoms with Gasteiger partial charge in [0.05, 0.1) is 5.69 Å². The van der Waals surface area contributed by atoms with Gasteiger partial charge in [-0.3, -0.25) is 4.98 Å². The van der Waals surface area contributed by atoms with Crippen LogP contribution in [0.1, 0.15) is 20.3 Å². The number of hydrogen-bond donors (Lipinski definition) is 2. The molecule has 26 heavy (non-hydrogen) atoms. The van der Waals surface area contributed by atoms with E-state index in [0.717, 1.165) is 23.4 Å². The third-order valence-electron chi connectivity index (χ3n) is 3.83. The van der Waals surface area contributed by atoms with Crippen molar-refractivity contribution in [1.29, 1.82) is 0 Å². The number of anilines is 3. The molecule has 2 heterocycles. The first-order chi connectivity index (χ1) is 12.5. The summed E-state index contributed by atoms with van der Waals surface area (Å²) in [5.41, 5.74) is 2.52. The van der Waals surface area contributed by atoms with Crippen molar-refractivity contribution in [3.05, 3.63) is 58.8 Å². The van der Waals surface area contributed by atoms with Crippen LogP contribution >= 0.6 is 23.2 Å². The molecule has 3 rings (SSSR count). The summed E-state index contributed by atoms with van der Waals surface area (Å²) in [6, 6.07) is 11.2. The lowest BCUT2D eigenvalue weighted by Crippen LogP contribution is -2.16. The van der Waals surface area contributed by atoms with E-state index in [2.05, 4.69) is 39.4 Å². The van der Waals surface area contributed by atoms with Gasteiger partial charge in [0.25, 0.3) is 0 Å². The van der Waals surface area contributed by atoms with Crippen molar-refractivity contribution in [3.63, 3.8) is 0 Å². The zero-order chi connectivity index (χ0) is 18.5. The summed E-state index contributed by atoms with van der Waals surface area (Å²) in [5, 5.41) is 7.69. The van der Waals surface area contributed by atoms with Crippen LogP contribution in [0.25, 0.3) is 11.3 Å². The van der Waals surface area contributed by atoms with Crippen molar-refractivity contribution in [3.8, 4) is 11.3 Å². The Labute approximate surface area is 162 Å². The number of halogens is 2. The van der Waals surface area contributed by atoms with Gasteiger partial charge in [0.15, 0.2) is 0 Å². The number of aromatic nitrogens is 3. The predicted molar refractivity (Wildman–Crippen MR) is 108 cm³/mol. The van der Waals surface area contributed by atoms with Crippen LogP contribution in [0.4, 0.5) is 17.5 Å². The molecule has 7 heteroatoms. The minimum atomic E-state index is 0.260. The second-order valence-electron chi connectivity index (χ2n) is 5.93. The summed E-state index contributed by atoms with van der Waals surface area (Å²) >= 11 is 12.2. The molecule has 0 spiro atoms. The molecule has 0 saturated carbocycles. The van der Waals surface area contributed by atoms with Crippen molar-refractivity contribution in [2.24, 2.45) is 0 Å². The molecule has 0 aliphatic rings. The van der Waals surface area contributed by atoms with E-state index in [1.165, 1.54) is 0 Å². The minimum absolute atomic E-state index is 0.260. The average Bonchev–Trinajstić information content (AvgIpc) is 2.61. The van der Waals surface area contributed by atoms with Gasteiger partial charge in [0, 0.05) is 45.8 Å². The van der Waals surface area contributed by atoms with E-state index < -0.39 is 0 Å². The molecule has 0 bridgehead atoms. The molecule has 1 aromatic carbocycles. The van der Waals surface area contributed by atoms with Gasteiger partial charge in [-0.15, -0.1) is 0 Å². The Bertz CT molecular complexity index is 866. The summed E-state index contributed by atoms with van der Waals surface area (Å²) in [7, 11) is 0. The number of nitrogens with zero attached hydrogens (tertiary/aromatic N) is 3. The van der Waals surface area contributed by atoms with Crippen LogP contribution < -0.4 is 10.6 Å². The zero-order valence-electron chi connectivity index (χ0n) is 14.5. The molecular formula is C19H19Cl2N5. The number of pyridine rings is 1. The second kappa shape index (κ2) is 8.34. The highest BCUT2D eigenvalue weighted by Gasteiger charge is 2.10. The second-order valence-corrected chi connectivity index (χ2v) is 6.81. The molecule has 5 nitrogen and oxygen atoms in total. The average molecular weight is 388 g/mol. The predicted octanol–water partition coefficient (Wildman–Crippen LogP) is 5.80. The van der Waals surface area contributed by atoms with Crippen LogP contribution in [0.2, 0.25) is 10.0 Å². The molecule has 0 aliphatic heterocycles. The molecule has 0 fully saturated rings. The topological polar surface area (TPSA) is 62.7 Å². The standard InChI is InChI=1S/C19H19Cl2N5/c1-3-12(2)23-19-25-17(13-4-6-22-7-5-13)11-18(26-19)24-16-9-14(20)8-15(21)10-16/h4-12H,3H2,1-2H3,(H2,23,24,25,26)/t12-/m0/s1. The number of nitrogens with one attached hydrogen (secondary N) is 2. The van der Waals surface area contributed by atoms with Crippen molar-refractivity contribution >= 4 is 40.7 Å². The molecule has 0 radical (unpaired) electrons. The van der Waals surface area contributed by atoms with Gasteiger partial charge in [-0.2, -0.15) is 4.98 Å². The summed E-state index contributed by atoms with van der Waals surface area (Å²) in [6.07, 6.45) is 4.45. The third-order valence-corrected chi connectivity index (χ3v) is 4.26. The largest absolute Gasteiger partial charge is 0.352 e. The molecular weight excluding hydrogens is 369 g/mol. The Balaban J connectivity index is 1.98. The van der Waals surface area contributed by atoms with Crippen molar-refractivity contribution in [2.75, 3.05) is 10.6 Å². The van der Waals surface area contributed by atoms with E-state index in [-0.39, 0.29) is 6.04 Å². The van der Waals surface area contributed by atoms with Gasteiger partial charge >= 0.3 is 0 Å². The maximum absolute atomic E-state index is 6.09. The van der Waals surface area contributed by atoms with Crippen LogP contribution in [-0.2, 0) is 0 Å². The third kappa shape index (κ3) is 4.84. The van der Waals surface area contributed by atoms with E-state index in [9.17, 15) is 0 Å². The number of rotatable bonds is 6. The Hall–Kier alpha value is -2.37. The van der Waals surface area contributed by atoms with Crippen molar-refractivity contribution < 1.29 is 0 Å². The molecule has 134 valence electrons. The van der Waals surface area contributed by atoms with Crippen LogP contribution in [0.3, 0.4) is 0 Å². The fourth-order valence-corrected chi connectivity index (χ4v) is 2.87. The van der Waals surface area contributed by atoms with Crippen LogP contribution in [0.5, 0.6) is 0 Å². The normalized spacial score (nSPS) is 11.8. The van der Waals surface area contributed by atoms with Gasteiger partial charge in [-0.25, -0.2) is 4.98 Å². The maximum Gasteiger partial charge on any atom is 0.225 e. The molecule has 0 saturated heterocycles. The Morgan fingerprint density at radius 3 is 2.35 bits per heavy atom. The Morgan fingerprint density at radius 1 is 1.00 bits per heavy atom. The molecule has 1 atom stereocenters. The summed E-state index contributed by atoms with van der Waals surface area (Å²) in [5.74, 6) is 1.21. The highest BCUT2D eigenvalue weighted by atomic mass is 35.5. The molecule has 3 aromatic rings. The lowest BCUT2D eigenvalue weighted by molar-refractivity contribution is 0.753. The Kier molecular flexibility index (Phi) is 5.91. The molecule has 0 amide bonds.